The molecule has 2 aromatic heterocycles. The van der Waals surface area contributed by atoms with Gasteiger partial charge in [-0.1, -0.05) is 25.1 Å². The van der Waals surface area contributed by atoms with Crippen LogP contribution < -0.4 is 26.2 Å². The Morgan fingerprint density at radius 1 is 1.16 bits per heavy atom. The maximum atomic E-state index is 6.35. The lowest BCUT2D eigenvalue weighted by Crippen LogP contribution is -2.32. The van der Waals surface area contributed by atoms with Crippen molar-refractivity contribution in [1.29, 1.82) is 0 Å². The van der Waals surface area contributed by atoms with Crippen LogP contribution in [0.15, 0.2) is 24.5 Å². The van der Waals surface area contributed by atoms with Crippen LogP contribution in [0.4, 0.5) is 5.82 Å². The molecule has 3 heterocycles. The molecule has 2 aliphatic rings. The van der Waals surface area contributed by atoms with Gasteiger partial charge in [-0.3, -0.25) is 0 Å². The Balaban J connectivity index is 1.58. The predicted octanol–water partition coefficient (Wildman–Crippen LogP) is 1.80. The van der Waals surface area contributed by atoms with Crippen LogP contribution in [-0.4, -0.2) is 39.4 Å². The molecule has 0 spiro atoms. The van der Waals surface area contributed by atoms with Gasteiger partial charge in [-0.15, -0.1) is 0 Å². The zero-order chi connectivity index (χ0) is 21.4. The summed E-state index contributed by atoms with van der Waals surface area (Å²) in [5.74, 6) is 2.41. The summed E-state index contributed by atoms with van der Waals surface area (Å²) in [6.07, 6.45) is 8.48. The zero-order valence-corrected chi connectivity index (χ0v) is 18.2. The zero-order valence-electron chi connectivity index (χ0n) is 18.2. The summed E-state index contributed by atoms with van der Waals surface area (Å²) < 4.78 is 7.74. The molecular weight excluding hydrogens is 388 g/mol. The highest BCUT2D eigenvalue weighted by Gasteiger charge is 2.27. The second-order valence-corrected chi connectivity index (χ2v) is 8.66. The predicted molar refractivity (Wildman–Crippen MR) is 123 cm³/mol. The highest BCUT2D eigenvalue weighted by atomic mass is 16.5. The fourth-order valence-electron chi connectivity index (χ4n) is 4.89. The van der Waals surface area contributed by atoms with Crippen molar-refractivity contribution in [1.82, 2.24) is 25.1 Å². The van der Waals surface area contributed by atoms with E-state index in [9.17, 15) is 0 Å². The fourth-order valence-corrected chi connectivity index (χ4v) is 4.89. The van der Waals surface area contributed by atoms with Crippen LogP contribution in [0.25, 0.3) is 23.2 Å². The second-order valence-electron chi connectivity index (χ2n) is 8.66. The summed E-state index contributed by atoms with van der Waals surface area (Å²) in [4.78, 5) is 8.86. The maximum Gasteiger partial charge on any atom is 0.163 e. The molecule has 31 heavy (non-hydrogen) atoms. The highest BCUT2D eigenvalue weighted by molar-refractivity contribution is 5.89. The number of hydrogen-bond acceptors (Lipinski definition) is 6. The molecule has 1 aromatic carbocycles. The number of piperidine rings is 1. The average molecular weight is 419 g/mol. The number of aromatic nitrogens is 4. The Hall–Kier alpha value is -2.93. The van der Waals surface area contributed by atoms with Gasteiger partial charge in [0.1, 0.15) is 17.9 Å². The van der Waals surface area contributed by atoms with Gasteiger partial charge in [-0.05, 0) is 67.3 Å². The number of nitrogens with zero attached hydrogens (tertiary/aromatic N) is 4. The standard InChI is InChI=1S/C24H30N6O/c1-3-31-19-5-4-17-12-20(15(2)10-18(17)11-19)22-21-23(25)27-14-28-24(21)30(29-22)13-16-6-8-26-9-7-16/h4-5,10-12,14-16,20,26H,3,6-9,13H2,1-2H3,(H2,25,27,28). The topological polar surface area (TPSA) is 90.9 Å². The molecule has 0 amide bonds. The van der Waals surface area contributed by atoms with Gasteiger partial charge in [0.05, 0.1) is 17.7 Å². The third-order valence-electron chi connectivity index (χ3n) is 6.53. The van der Waals surface area contributed by atoms with Gasteiger partial charge < -0.3 is 15.8 Å². The van der Waals surface area contributed by atoms with E-state index >= 15 is 0 Å². The largest absolute Gasteiger partial charge is 0.494 e. The third kappa shape index (κ3) is 3.78. The van der Waals surface area contributed by atoms with Crippen molar-refractivity contribution in [3.63, 3.8) is 0 Å². The molecular formula is C24H30N6O. The van der Waals surface area contributed by atoms with Crippen LogP contribution in [0.3, 0.4) is 0 Å². The number of rotatable bonds is 5. The van der Waals surface area contributed by atoms with E-state index in [1.54, 1.807) is 6.33 Å². The van der Waals surface area contributed by atoms with E-state index < -0.39 is 0 Å². The van der Waals surface area contributed by atoms with E-state index in [0.29, 0.717) is 18.3 Å². The molecule has 0 radical (unpaired) electrons. The molecule has 3 aromatic rings. The fraction of sp³-hybridized carbons (Fsp3) is 0.458. The van der Waals surface area contributed by atoms with Crippen molar-refractivity contribution in [3.05, 3.63) is 40.7 Å². The lowest BCUT2D eigenvalue weighted by molar-refractivity contribution is 0.323. The number of hydrogen-bond donors (Lipinski definition) is 2. The maximum absolute atomic E-state index is 6.35. The van der Waals surface area contributed by atoms with E-state index in [2.05, 4.69) is 51.2 Å². The van der Waals surface area contributed by atoms with Gasteiger partial charge in [-0.2, -0.15) is 5.10 Å². The summed E-state index contributed by atoms with van der Waals surface area (Å²) in [7, 11) is 0. The van der Waals surface area contributed by atoms with Crippen molar-refractivity contribution in [2.75, 3.05) is 25.4 Å². The summed E-state index contributed by atoms with van der Waals surface area (Å²) in [6.45, 7) is 7.91. The molecule has 0 bridgehead atoms. The van der Waals surface area contributed by atoms with E-state index in [1.807, 2.05) is 13.0 Å². The Labute approximate surface area is 182 Å². The van der Waals surface area contributed by atoms with E-state index in [1.165, 1.54) is 10.4 Å². The van der Waals surface area contributed by atoms with Gasteiger partial charge >= 0.3 is 0 Å². The normalized spacial score (nSPS) is 21.4. The molecule has 1 aliphatic heterocycles. The first-order chi connectivity index (χ1) is 15.1. The minimum absolute atomic E-state index is 0.121. The number of nitrogens with one attached hydrogen (secondary N) is 1. The second kappa shape index (κ2) is 8.30. The van der Waals surface area contributed by atoms with Gasteiger partial charge in [0.25, 0.3) is 0 Å². The van der Waals surface area contributed by atoms with Crippen molar-refractivity contribution in [2.24, 2.45) is 11.8 Å². The SMILES string of the molecule is CCOc1ccc2c(c1)=CC(C)C(c1nn(CC3CCNCC3)c3ncnc(N)c13)C=2. The van der Waals surface area contributed by atoms with E-state index in [-0.39, 0.29) is 11.8 Å². The van der Waals surface area contributed by atoms with Crippen LogP contribution in [0.2, 0.25) is 0 Å². The molecule has 7 heteroatoms. The molecule has 2 atom stereocenters. The smallest absolute Gasteiger partial charge is 0.163 e. The molecule has 1 aliphatic carbocycles. The lowest BCUT2D eigenvalue weighted by atomic mass is 9.84. The van der Waals surface area contributed by atoms with Crippen molar-refractivity contribution in [3.8, 4) is 5.75 Å². The number of benzene rings is 1. The first-order valence-electron chi connectivity index (χ1n) is 11.3. The number of nitrogens with two attached hydrogens (primary N) is 1. The Morgan fingerprint density at radius 3 is 2.81 bits per heavy atom. The minimum Gasteiger partial charge on any atom is -0.494 e. The van der Waals surface area contributed by atoms with Crippen LogP contribution in [0.1, 0.15) is 38.3 Å². The number of anilines is 1. The van der Waals surface area contributed by atoms with Crippen molar-refractivity contribution in [2.45, 2.75) is 39.2 Å². The van der Waals surface area contributed by atoms with Gasteiger partial charge in [-0.25, -0.2) is 14.6 Å². The average Bonchev–Trinajstić information content (AvgIpc) is 3.13. The number of nitrogen functional groups attached to an aromatic ring is 1. The quantitative estimate of drug-likeness (QED) is 0.657. The number of ether oxygens (including phenoxy) is 1. The molecule has 3 N–H and O–H groups in total. The van der Waals surface area contributed by atoms with Crippen LogP contribution >= 0.6 is 0 Å². The molecule has 1 fully saturated rings. The Morgan fingerprint density at radius 2 is 2.00 bits per heavy atom. The summed E-state index contributed by atoms with van der Waals surface area (Å²) in [5, 5.41) is 11.8. The summed E-state index contributed by atoms with van der Waals surface area (Å²) >= 11 is 0. The van der Waals surface area contributed by atoms with Crippen molar-refractivity contribution >= 4 is 29.0 Å². The van der Waals surface area contributed by atoms with Crippen molar-refractivity contribution < 1.29 is 4.74 Å². The Kier molecular flexibility index (Phi) is 5.36. The Bertz CT molecular complexity index is 1210. The molecule has 5 rings (SSSR count). The molecule has 1 saturated heterocycles. The number of fused-ring (bicyclic) bond motifs is 2. The molecule has 162 valence electrons. The first-order valence-corrected chi connectivity index (χ1v) is 11.3. The van der Waals surface area contributed by atoms with Crippen LogP contribution in [-0.2, 0) is 6.54 Å². The third-order valence-corrected chi connectivity index (χ3v) is 6.53. The lowest BCUT2D eigenvalue weighted by Gasteiger charge is -2.22. The minimum atomic E-state index is 0.121. The molecule has 7 nitrogen and oxygen atoms in total. The van der Waals surface area contributed by atoms with E-state index in [4.69, 9.17) is 15.6 Å². The van der Waals surface area contributed by atoms with Gasteiger partial charge in [0.2, 0.25) is 0 Å². The van der Waals surface area contributed by atoms with E-state index in [0.717, 1.165) is 55.0 Å². The van der Waals surface area contributed by atoms with Gasteiger partial charge in [0.15, 0.2) is 5.65 Å². The first kappa shape index (κ1) is 20.0. The summed E-state index contributed by atoms with van der Waals surface area (Å²) in [6, 6.07) is 6.28. The van der Waals surface area contributed by atoms with Crippen LogP contribution in [0, 0.1) is 11.8 Å². The summed E-state index contributed by atoms with van der Waals surface area (Å²) in [5.41, 5.74) is 8.17. The van der Waals surface area contributed by atoms with Gasteiger partial charge in [0, 0.05) is 12.5 Å². The molecule has 0 saturated carbocycles. The van der Waals surface area contributed by atoms with Crippen LogP contribution in [0.5, 0.6) is 5.75 Å². The monoisotopic (exact) mass is 418 g/mol. The highest BCUT2D eigenvalue weighted by Crippen LogP contribution is 2.35. The molecule has 2 unspecified atom stereocenters.